The Morgan fingerprint density at radius 2 is 1.59 bits per heavy atom. The van der Waals surface area contributed by atoms with Crippen molar-refractivity contribution in [3.63, 3.8) is 0 Å². The number of rotatable bonds is 7. The van der Waals surface area contributed by atoms with Crippen molar-refractivity contribution in [2.75, 3.05) is 0 Å². The highest BCUT2D eigenvalue weighted by atomic mass is 16.5. The molecule has 0 spiro atoms. The fourth-order valence-electron chi connectivity index (χ4n) is 2.76. The molecule has 0 unspecified atom stereocenters. The smallest absolute Gasteiger partial charge is 0.352 e. The van der Waals surface area contributed by atoms with Crippen LogP contribution in [0.1, 0.15) is 28.4 Å². The van der Waals surface area contributed by atoms with Crippen LogP contribution in [0.3, 0.4) is 0 Å². The summed E-state index contributed by atoms with van der Waals surface area (Å²) in [6.07, 6.45) is 2.27. The minimum Gasteiger partial charge on any atom is -0.477 e. The van der Waals surface area contributed by atoms with E-state index in [9.17, 15) is 14.7 Å². The fourth-order valence-corrected chi connectivity index (χ4v) is 2.76. The molecule has 146 valence electrons. The summed E-state index contributed by atoms with van der Waals surface area (Å²) >= 11 is 0. The number of aryl methyl sites for hydroxylation is 1. The van der Waals surface area contributed by atoms with Gasteiger partial charge in [0.25, 0.3) is 5.91 Å². The zero-order valence-electron chi connectivity index (χ0n) is 16.0. The van der Waals surface area contributed by atoms with Crippen LogP contribution >= 0.6 is 0 Å². The number of amides is 1. The Labute approximate surface area is 169 Å². The van der Waals surface area contributed by atoms with Crippen molar-refractivity contribution >= 4 is 18.0 Å². The molecular weight excluding hydrogens is 366 g/mol. The first kappa shape index (κ1) is 19.9. The molecule has 2 N–H and O–H groups in total. The van der Waals surface area contributed by atoms with Crippen LogP contribution < -0.4 is 10.1 Å². The molecule has 0 atom stereocenters. The predicted octanol–water partition coefficient (Wildman–Crippen LogP) is 4.90. The topological polar surface area (TPSA) is 75.6 Å². The molecule has 0 saturated heterocycles. The summed E-state index contributed by atoms with van der Waals surface area (Å²) in [7, 11) is 0. The van der Waals surface area contributed by atoms with Crippen LogP contribution in [0.25, 0.3) is 6.08 Å². The Balaban J connectivity index is 1.75. The molecule has 0 bridgehead atoms. The summed E-state index contributed by atoms with van der Waals surface area (Å²) in [5.41, 5.74) is 1.92. The van der Waals surface area contributed by atoms with Gasteiger partial charge >= 0.3 is 5.97 Å². The summed E-state index contributed by atoms with van der Waals surface area (Å²) in [6.45, 7) is 2.06. The summed E-state index contributed by atoms with van der Waals surface area (Å²) in [5.74, 6) is -0.255. The summed E-state index contributed by atoms with van der Waals surface area (Å²) in [5, 5.41) is 11.9. The lowest BCUT2D eigenvalue weighted by Gasteiger charge is -2.10. The van der Waals surface area contributed by atoms with Crippen molar-refractivity contribution in [3.8, 4) is 11.5 Å². The summed E-state index contributed by atoms with van der Waals surface area (Å²) in [6, 6.07) is 23.3. The van der Waals surface area contributed by atoms with E-state index in [0.29, 0.717) is 16.9 Å². The molecule has 3 rings (SSSR count). The molecule has 0 saturated carbocycles. The van der Waals surface area contributed by atoms with E-state index in [1.54, 1.807) is 54.6 Å². The first-order valence-corrected chi connectivity index (χ1v) is 9.24. The van der Waals surface area contributed by atoms with Crippen molar-refractivity contribution in [1.82, 2.24) is 5.32 Å². The average molecular weight is 387 g/mol. The van der Waals surface area contributed by atoms with Crippen molar-refractivity contribution in [1.29, 1.82) is 0 Å². The molecule has 3 aromatic carbocycles. The standard InChI is InChI=1S/C24H21NO4/c1-2-18-8-6-7-11-22(18)29-20-14-12-17(13-15-20)16-21(24(27)28)25-23(26)19-9-4-3-5-10-19/h3-16H,2H2,1H3,(H,25,26)(H,27,28). The van der Waals surface area contributed by atoms with Gasteiger partial charge < -0.3 is 15.2 Å². The van der Waals surface area contributed by atoms with Gasteiger partial charge in [0.05, 0.1) is 0 Å². The molecule has 5 nitrogen and oxygen atoms in total. The first-order chi connectivity index (χ1) is 14.1. The number of carbonyl (C=O) groups excluding carboxylic acids is 1. The lowest BCUT2D eigenvalue weighted by Crippen LogP contribution is -2.27. The monoisotopic (exact) mass is 387 g/mol. The number of aliphatic carboxylic acids is 1. The normalized spacial score (nSPS) is 11.0. The van der Waals surface area contributed by atoms with Gasteiger partial charge in [0.2, 0.25) is 0 Å². The maximum atomic E-state index is 12.2. The number of benzene rings is 3. The average Bonchev–Trinajstić information content (AvgIpc) is 2.75. The zero-order chi connectivity index (χ0) is 20.6. The number of para-hydroxylation sites is 1. The minimum atomic E-state index is -1.22. The molecular formula is C24H21NO4. The fraction of sp³-hybridized carbons (Fsp3) is 0.0833. The van der Waals surface area contributed by atoms with Crippen molar-refractivity contribution in [2.45, 2.75) is 13.3 Å². The zero-order valence-corrected chi connectivity index (χ0v) is 16.0. The Bertz CT molecular complexity index is 1020. The minimum absolute atomic E-state index is 0.205. The van der Waals surface area contributed by atoms with Gasteiger partial charge in [-0.15, -0.1) is 0 Å². The molecule has 0 fully saturated rings. The van der Waals surface area contributed by atoms with E-state index in [1.165, 1.54) is 6.08 Å². The van der Waals surface area contributed by atoms with Crippen LogP contribution in [-0.4, -0.2) is 17.0 Å². The second-order valence-corrected chi connectivity index (χ2v) is 6.32. The second kappa shape index (κ2) is 9.37. The van der Waals surface area contributed by atoms with E-state index >= 15 is 0 Å². The molecule has 0 aliphatic heterocycles. The Morgan fingerprint density at radius 3 is 2.24 bits per heavy atom. The van der Waals surface area contributed by atoms with Crippen molar-refractivity contribution < 1.29 is 19.4 Å². The van der Waals surface area contributed by atoms with Crippen LogP contribution in [0.4, 0.5) is 0 Å². The highest BCUT2D eigenvalue weighted by Gasteiger charge is 2.13. The van der Waals surface area contributed by atoms with Gasteiger partial charge in [-0.05, 0) is 54.0 Å². The number of hydrogen-bond acceptors (Lipinski definition) is 3. The van der Waals surface area contributed by atoms with Crippen molar-refractivity contribution in [3.05, 3.63) is 101 Å². The molecule has 0 radical (unpaired) electrons. The van der Waals surface area contributed by atoms with Crippen molar-refractivity contribution in [2.24, 2.45) is 0 Å². The number of nitrogens with one attached hydrogen (secondary N) is 1. The van der Waals surface area contributed by atoms with Gasteiger partial charge in [0.1, 0.15) is 17.2 Å². The number of carboxylic acids is 1. The lowest BCUT2D eigenvalue weighted by molar-refractivity contribution is -0.132. The first-order valence-electron chi connectivity index (χ1n) is 9.24. The molecule has 5 heteroatoms. The number of ether oxygens (including phenoxy) is 1. The molecule has 0 aliphatic rings. The van der Waals surface area contributed by atoms with Crippen LogP contribution in [-0.2, 0) is 11.2 Å². The molecule has 0 aliphatic carbocycles. The Morgan fingerprint density at radius 1 is 0.931 bits per heavy atom. The number of carbonyl (C=O) groups is 2. The third-order valence-electron chi connectivity index (χ3n) is 4.29. The van der Waals surface area contributed by atoms with E-state index in [1.807, 2.05) is 24.3 Å². The highest BCUT2D eigenvalue weighted by molar-refractivity contribution is 6.02. The van der Waals surface area contributed by atoms with Gasteiger partial charge in [-0.25, -0.2) is 4.79 Å². The van der Waals surface area contributed by atoms with Gasteiger partial charge in [0.15, 0.2) is 0 Å². The second-order valence-electron chi connectivity index (χ2n) is 6.32. The van der Waals surface area contributed by atoms with E-state index in [-0.39, 0.29) is 5.70 Å². The van der Waals surface area contributed by atoms with Crippen LogP contribution in [0.5, 0.6) is 11.5 Å². The number of hydrogen-bond donors (Lipinski definition) is 2. The summed E-state index contributed by atoms with van der Waals surface area (Å²) < 4.78 is 5.92. The molecule has 3 aromatic rings. The predicted molar refractivity (Wildman–Crippen MR) is 112 cm³/mol. The maximum absolute atomic E-state index is 12.2. The van der Waals surface area contributed by atoms with Crippen LogP contribution in [0.2, 0.25) is 0 Å². The lowest BCUT2D eigenvalue weighted by atomic mass is 10.1. The van der Waals surface area contributed by atoms with Crippen LogP contribution in [0, 0.1) is 0 Å². The third-order valence-corrected chi connectivity index (χ3v) is 4.29. The summed E-state index contributed by atoms with van der Waals surface area (Å²) in [4.78, 5) is 23.8. The molecule has 29 heavy (non-hydrogen) atoms. The van der Waals surface area contributed by atoms with Crippen LogP contribution in [0.15, 0.2) is 84.6 Å². The number of carboxylic acid groups (broad SMARTS) is 1. The quantitative estimate of drug-likeness (QED) is 0.566. The molecule has 0 heterocycles. The van der Waals surface area contributed by atoms with Gasteiger partial charge in [0, 0.05) is 5.56 Å². The van der Waals surface area contributed by atoms with E-state index in [4.69, 9.17) is 4.74 Å². The van der Waals surface area contributed by atoms with E-state index in [0.717, 1.165) is 17.7 Å². The molecule has 0 aromatic heterocycles. The van der Waals surface area contributed by atoms with E-state index < -0.39 is 11.9 Å². The third kappa shape index (κ3) is 5.32. The molecule has 1 amide bonds. The largest absolute Gasteiger partial charge is 0.477 e. The van der Waals surface area contributed by atoms with E-state index in [2.05, 4.69) is 12.2 Å². The Hall–Kier alpha value is -3.86. The van der Waals surface area contributed by atoms with Gasteiger partial charge in [-0.2, -0.15) is 0 Å². The van der Waals surface area contributed by atoms with Gasteiger partial charge in [-0.3, -0.25) is 4.79 Å². The maximum Gasteiger partial charge on any atom is 0.352 e. The SMILES string of the molecule is CCc1ccccc1Oc1ccc(C=C(NC(=O)c2ccccc2)C(=O)O)cc1. The highest BCUT2D eigenvalue weighted by Crippen LogP contribution is 2.26. The Kier molecular flexibility index (Phi) is 6.43. The van der Waals surface area contributed by atoms with Gasteiger partial charge in [-0.1, -0.05) is 55.5 Å².